The van der Waals surface area contributed by atoms with E-state index in [4.69, 9.17) is 19.8 Å². The predicted molar refractivity (Wildman–Crippen MR) is 165 cm³/mol. The van der Waals surface area contributed by atoms with Gasteiger partial charge in [-0.3, -0.25) is 14.0 Å². The molecule has 0 aromatic carbocycles. The highest BCUT2D eigenvalue weighted by Gasteiger charge is 2.28. The number of carbonyl (C=O) groups excluding carboxylic acids is 1. The summed E-state index contributed by atoms with van der Waals surface area (Å²) in [5.41, 5.74) is 13.1. The van der Waals surface area contributed by atoms with Crippen molar-refractivity contribution >= 4 is 66.1 Å². The number of morpholine rings is 1. The normalized spacial score (nSPS) is 19.5. The number of hydrogen-bond donors (Lipinski definition) is 3. The van der Waals surface area contributed by atoms with Gasteiger partial charge in [-0.05, 0) is 30.4 Å². The van der Waals surface area contributed by atoms with Gasteiger partial charge in [0.05, 0.1) is 45.0 Å². The van der Waals surface area contributed by atoms with Crippen LogP contribution in [0.3, 0.4) is 0 Å². The van der Waals surface area contributed by atoms with E-state index in [9.17, 15) is 9.59 Å². The van der Waals surface area contributed by atoms with Crippen molar-refractivity contribution in [3.63, 3.8) is 0 Å². The molecule has 1 aliphatic carbocycles. The highest BCUT2D eigenvalue weighted by molar-refractivity contribution is 7.28. The molecule has 1 aliphatic heterocycles. The van der Waals surface area contributed by atoms with E-state index in [-0.39, 0.29) is 23.1 Å². The molecule has 12 nitrogen and oxygen atoms in total. The third-order valence-electron chi connectivity index (χ3n) is 7.93. The van der Waals surface area contributed by atoms with Crippen LogP contribution in [0.2, 0.25) is 0 Å². The first kappa shape index (κ1) is 27.3. The standard InChI is InChI=1S/C27H29N9O3S3/c28-16-3-1-2-4-17(16)31-27-32-19(22(25(29)38)26-33-30-13-36(26)27)10-14-9-18(34-42-14)15-12-40-24-20(37)11-21(41-23(15)24)35-5-7-39-8-6-35/h9,11-13,16-17H,1-8,10,28H2,(H2,29,38)(H,31,32)/p+1/t16-,17+/m1/s1. The van der Waals surface area contributed by atoms with Crippen LogP contribution in [0.25, 0.3) is 26.3 Å². The van der Waals surface area contributed by atoms with E-state index in [1.54, 1.807) is 28.1 Å². The van der Waals surface area contributed by atoms with Gasteiger partial charge in [-0.15, -0.1) is 32.9 Å². The van der Waals surface area contributed by atoms with Crippen LogP contribution in [0.5, 0.6) is 0 Å². The van der Waals surface area contributed by atoms with Crippen molar-refractivity contribution in [2.24, 2.45) is 5.73 Å². The lowest BCUT2D eigenvalue weighted by molar-refractivity contribution is -0.427. The third-order valence-corrected chi connectivity index (χ3v) is 11.1. The summed E-state index contributed by atoms with van der Waals surface area (Å²) in [7, 11) is 0. The fourth-order valence-corrected chi connectivity index (χ4v) is 8.80. The minimum atomic E-state index is -0.608. The molecule has 5 aromatic rings. The molecular weight excluding hydrogens is 595 g/mol. The molecule has 1 saturated heterocycles. The zero-order valence-electron chi connectivity index (χ0n) is 22.7. The molecule has 2 fully saturated rings. The summed E-state index contributed by atoms with van der Waals surface area (Å²) in [4.78, 5) is 33.6. The van der Waals surface area contributed by atoms with Crippen molar-refractivity contribution in [3.8, 4) is 11.3 Å². The highest BCUT2D eigenvalue weighted by Crippen LogP contribution is 2.39. The first-order valence-electron chi connectivity index (χ1n) is 13.9. The molecule has 2 atom stereocenters. The van der Waals surface area contributed by atoms with Crippen molar-refractivity contribution in [1.29, 1.82) is 0 Å². The minimum Gasteiger partial charge on any atom is -0.378 e. The lowest BCUT2D eigenvalue weighted by Crippen LogP contribution is -2.68. The number of primary amides is 1. The lowest BCUT2D eigenvalue weighted by atomic mass is 9.91. The molecule has 5 aromatic heterocycles. The maximum Gasteiger partial charge on any atom is 0.254 e. The summed E-state index contributed by atoms with van der Waals surface area (Å²) in [5, 5.41) is 14.8. The Morgan fingerprint density at radius 1 is 1.19 bits per heavy atom. The highest BCUT2D eigenvalue weighted by atomic mass is 32.1. The Labute approximate surface area is 252 Å². The molecule has 6 heterocycles. The topological polar surface area (TPSA) is 168 Å². The van der Waals surface area contributed by atoms with E-state index in [1.165, 1.54) is 29.3 Å². The van der Waals surface area contributed by atoms with E-state index in [1.807, 2.05) is 11.4 Å². The number of nitrogens with one attached hydrogen (secondary N) is 1. The van der Waals surface area contributed by atoms with Gasteiger partial charge in [0.2, 0.25) is 5.95 Å². The zero-order valence-corrected chi connectivity index (χ0v) is 25.2. The van der Waals surface area contributed by atoms with Crippen LogP contribution in [0, 0.1) is 0 Å². The fourth-order valence-electron chi connectivity index (χ4n) is 5.71. The molecule has 0 radical (unpaired) electrons. The predicted octanol–water partition coefficient (Wildman–Crippen LogP) is 2.38. The molecule has 0 bridgehead atoms. The van der Waals surface area contributed by atoms with Crippen LogP contribution in [0.1, 0.15) is 46.6 Å². The largest absolute Gasteiger partial charge is 0.378 e. The zero-order chi connectivity index (χ0) is 28.8. The first-order valence-corrected chi connectivity index (χ1v) is 16.4. The van der Waals surface area contributed by atoms with Gasteiger partial charge in [0.1, 0.15) is 17.9 Å². The van der Waals surface area contributed by atoms with E-state index in [0.29, 0.717) is 36.9 Å². The van der Waals surface area contributed by atoms with Gasteiger partial charge in [-0.2, -0.15) is 4.37 Å². The minimum absolute atomic E-state index is 0.0244. The average molecular weight is 625 g/mol. The van der Waals surface area contributed by atoms with Crippen molar-refractivity contribution < 1.29 is 15.3 Å². The molecule has 1 amide bonds. The summed E-state index contributed by atoms with van der Waals surface area (Å²) in [6.07, 6.45) is 6.25. The molecule has 2 aliphatic rings. The van der Waals surface area contributed by atoms with Gasteiger partial charge in [-0.25, -0.2) is 4.98 Å². The van der Waals surface area contributed by atoms with Crippen LogP contribution in [0.4, 0.5) is 10.9 Å². The van der Waals surface area contributed by atoms with Crippen LogP contribution >= 0.6 is 34.2 Å². The number of rotatable bonds is 7. The number of ether oxygens (including phenoxy) is 1. The number of carbonyl (C=O) groups is 1. The second-order valence-corrected chi connectivity index (χ2v) is 13.5. The van der Waals surface area contributed by atoms with E-state index in [2.05, 4.69) is 26.1 Å². The molecule has 15 heteroatoms. The molecule has 218 valence electrons. The van der Waals surface area contributed by atoms with Gasteiger partial charge in [0.15, 0.2) is 11.1 Å². The maximum absolute atomic E-state index is 13.0. The number of thiophene rings is 1. The van der Waals surface area contributed by atoms with Crippen molar-refractivity contribution in [2.75, 3.05) is 36.5 Å². The molecule has 0 unspecified atom stereocenters. The second-order valence-electron chi connectivity index (χ2n) is 10.7. The second kappa shape index (κ2) is 11.3. The third kappa shape index (κ3) is 5.04. The van der Waals surface area contributed by atoms with Crippen LogP contribution < -0.4 is 27.1 Å². The maximum atomic E-state index is 13.0. The monoisotopic (exact) mass is 624 g/mol. The summed E-state index contributed by atoms with van der Waals surface area (Å²) < 4.78 is 13.6. The van der Waals surface area contributed by atoms with Gasteiger partial charge < -0.3 is 26.4 Å². The Balaban J connectivity index is 1.23. The summed E-state index contributed by atoms with van der Waals surface area (Å²) >= 11 is 4.41. The van der Waals surface area contributed by atoms with Crippen LogP contribution in [0.15, 0.2) is 28.6 Å². The quantitative estimate of drug-likeness (QED) is 0.246. The molecule has 6 N–H and O–H groups in total. The number of fused-ring (bicyclic) bond motifs is 2. The van der Waals surface area contributed by atoms with Crippen LogP contribution in [-0.2, 0) is 11.2 Å². The Morgan fingerprint density at radius 3 is 2.83 bits per heavy atom. The Hall–Kier alpha value is -3.50. The van der Waals surface area contributed by atoms with Crippen molar-refractivity contribution in [1.82, 2.24) is 24.0 Å². The van der Waals surface area contributed by atoms with Gasteiger partial charge in [0.25, 0.3) is 5.91 Å². The lowest BCUT2D eigenvalue weighted by Gasteiger charge is -2.28. The van der Waals surface area contributed by atoms with Crippen molar-refractivity contribution in [2.45, 2.75) is 44.2 Å². The van der Waals surface area contributed by atoms with E-state index < -0.39 is 5.91 Å². The fraction of sp³-hybridized carbons (Fsp3) is 0.407. The number of amides is 1. The number of anilines is 2. The first-order chi connectivity index (χ1) is 20.5. The van der Waals surface area contributed by atoms with E-state index in [0.717, 1.165) is 62.9 Å². The summed E-state index contributed by atoms with van der Waals surface area (Å²) in [6.45, 7) is 2.84. The van der Waals surface area contributed by atoms with Gasteiger partial charge in [-0.1, -0.05) is 6.42 Å². The molecule has 0 spiro atoms. The molecular formula is C27H30N9O3S3+. The Bertz CT molecular complexity index is 1840. The number of aromatic nitrogens is 5. The van der Waals surface area contributed by atoms with Crippen molar-refractivity contribution in [3.05, 3.63) is 50.2 Å². The number of hydrogen-bond acceptors (Lipinski definition) is 12. The number of quaternary nitrogens is 1. The SMILES string of the molecule is NC(=O)c1c(Cc2cc(-c3csc4c(=O)cc(N5CCOCC5)sc34)ns2)nc(N[C@H]2CCCC[C@H]2[NH3+])n2cnnc12. The Kier molecular flexibility index (Phi) is 7.35. The van der Waals surface area contributed by atoms with Crippen LogP contribution in [-0.4, -0.2) is 68.2 Å². The average Bonchev–Trinajstić information content (AvgIpc) is 3.75. The molecule has 42 heavy (non-hydrogen) atoms. The summed E-state index contributed by atoms with van der Waals surface area (Å²) in [5.74, 6) is -0.0340. The molecule has 1 saturated carbocycles. The van der Waals surface area contributed by atoms with Gasteiger partial charge in [0, 0.05) is 47.8 Å². The van der Waals surface area contributed by atoms with Gasteiger partial charge >= 0.3 is 0 Å². The van der Waals surface area contributed by atoms with E-state index >= 15 is 0 Å². The smallest absolute Gasteiger partial charge is 0.254 e. The number of nitrogens with zero attached hydrogens (tertiary/aromatic N) is 6. The summed E-state index contributed by atoms with van der Waals surface area (Å²) in [6, 6.07) is 4.17. The molecule has 7 rings (SSSR count). The Morgan fingerprint density at radius 2 is 2.02 bits per heavy atom. The number of nitrogens with two attached hydrogens (primary N) is 1.